The van der Waals surface area contributed by atoms with Crippen LogP contribution in [0.4, 0.5) is 5.13 Å². The lowest BCUT2D eigenvalue weighted by Gasteiger charge is -2.34. The molecular formula is C16H24N4S. The van der Waals surface area contributed by atoms with Gasteiger partial charge >= 0.3 is 0 Å². The van der Waals surface area contributed by atoms with Crippen molar-refractivity contribution < 1.29 is 0 Å². The van der Waals surface area contributed by atoms with Crippen molar-refractivity contribution in [1.82, 2.24) is 14.8 Å². The molecule has 2 heterocycles. The van der Waals surface area contributed by atoms with Crippen molar-refractivity contribution in [3.8, 4) is 0 Å². The zero-order valence-corrected chi connectivity index (χ0v) is 13.8. The Bertz CT molecular complexity index is 539. The Hall–Kier alpha value is -1.17. The van der Waals surface area contributed by atoms with Crippen LogP contribution in [0.25, 0.3) is 10.2 Å². The van der Waals surface area contributed by atoms with Gasteiger partial charge in [-0.25, -0.2) is 4.98 Å². The van der Waals surface area contributed by atoms with Gasteiger partial charge in [0.2, 0.25) is 0 Å². The van der Waals surface area contributed by atoms with Crippen molar-refractivity contribution in [3.05, 3.63) is 24.3 Å². The van der Waals surface area contributed by atoms with Crippen LogP contribution in [-0.2, 0) is 0 Å². The van der Waals surface area contributed by atoms with Crippen LogP contribution in [0.2, 0.25) is 0 Å². The normalized spacial score (nSPS) is 17.0. The van der Waals surface area contributed by atoms with Gasteiger partial charge in [0.1, 0.15) is 0 Å². The molecule has 0 atom stereocenters. The standard InChI is InChI=1S/C16H24N4S/c1-18(2)8-5-9-19-10-12-20(13-11-19)16-17-14-6-3-4-7-15(14)21-16/h3-4,6-7H,5,8-13H2,1-2H3. The summed E-state index contributed by atoms with van der Waals surface area (Å²) >= 11 is 1.82. The van der Waals surface area contributed by atoms with Crippen LogP contribution in [0.3, 0.4) is 0 Å². The van der Waals surface area contributed by atoms with Crippen LogP contribution in [0.15, 0.2) is 24.3 Å². The van der Waals surface area contributed by atoms with Gasteiger partial charge in [-0.3, -0.25) is 4.90 Å². The van der Waals surface area contributed by atoms with Gasteiger partial charge in [-0.15, -0.1) is 0 Å². The molecule has 0 saturated carbocycles. The summed E-state index contributed by atoms with van der Waals surface area (Å²) in [5, 5.41) is 1.18. The van der Waals surface area contributed by atoms with E-state index in [0.717, 1.165) is 31.7 Å². The minimum Gasteiger partial charge on any atom is -0.345 e. The second-order valence-corrected chi connectivity index (χ2v) is 6.96. The smallest absolute Gasteiger partial charge is 0.186 e. The van der Waals surface area contributed by atoms with E-state index in [2.05, 4.69) is 53.1 Å². The topological polar surface area (TPSA) is 22.6 Å². The fourth-order valence-electron chi connectivity index (χ4n) is 2.77. The molecule has 21 heavy (non-hydrogen) atoms. The molecule has 5 heteroatoms. The second-order valence-electron chi connectivity index (χ2n) is 5.95. The summed E-state index contributed by atoms with van der Waals surface area (Å²) in [6.45, 7) is 6.90. The molecular weight excluding hydrogens is 280 g/mol. The third kappa shape index (κ3) is 3.73. The van der Waals surface area contributed by atoms with Crippen molar-refractivity contribution in [2.75, 3.05) is 58.3 Å². The zero-order chi connectivity index (χ0) is 14.7. The molecule has 1 aromatic carbocycles. The molecule has 1 saturated heterocycles. The Morgan fingerprint density at radius 2 is 1.90 bits per heavy atom. The maximum Gasteiger partial charge on any atom is 0.186 e. The predicted octanol–water partition coefficient (Wildman–Crippen LogP) is 2.37. The summed E-state index contributed by atoms with van der Waals surface area (Å²) in [6.07, 6.45) is 1.26. The highest BCUT2D eigenvalue weighted by Gasteiger charge is 2.19. The number of para-hydroxylation sites is 1. The van der Waals surface area contributed by atoms with Gasteiger partial charge < -0.3 is 9.80 Å². The zero-order valence-electron chi connectivity index (χ0n) is 13.0. The average molecular weight is 304 g/mol. The predicted molar refractivity (Wildman–Crippen MR) is 91.4 cm³/mol. The van der Waals surface area contributed by atoms with Crippen molar-refractivity contribution >= 4 is 26.7 Å². The minimum atomic E-state index is 1.10. The van der Waals surface area contributed by atoms with Crippen LogP contribution in [-0.4, -0.2) is 68.1 Å². The fourth-order valence-corrected chi connectivity index (χ4v) is 3.79. The molecule has 0 N–H and O–H groups in total. The number of thiazole rings is 1. The van der Waals surface area contributed by atoms with Crippen LogP contribution < -0.4 is 4.90 Å². The first-order valence-electron chi connectivity index (χ1n) is 7.70. The van der Waals surface area contributed by atoms with E-state index in [0.29, 0.717) is 0 Å². The molecule has 2 aromatic rings. The van der Waals surface area contributed by atoms with Gasteiger partial charge in [-0.2, -0.15) is 0 Å². The van der Waals surface area contributed by atoms with Gasteiger partial charge in [0.25, 0.3) is 0 Å². The maximum absolute atomic E-state index is 4.77. The third-order valence-electron chi connectivity index (χ3n) is 4.01. The van der Waals surface area contributed by atoms with Crippen molar-refractivity contribution in [2.24, 2.45) is 0 Å². The number of nitrogens with zero attached hydrogens (tertiary/aromatic N) is 4. The number of anilines is 1. The Balaban J connectivity index is 1.53. The van der Waals surface area contributed by atoms with E-state index in [4.69, 9.17) is 4.98 Å². The summed E-state index contributed by atoms with van der Waals surface area (Å²) in [5.41, 5.74) is 1.13. The molecule has 1 aromatic heterocycles. The minimum absolute atomic E-state index is 1.10. The number of aromatic nitrogens is 1. The fraction of sp³-hybridized carbons (Fsp3) is 0.562. The average Bonchev–Trinajstić information content (AvgIpc) is 2.91. The highest BCUT2D eigenvalue weighted by Crippen LogP contribution is 2.29. The highest BCUT2D eigenvalue weighted by atomic mass is 32.1. The molecule has 0 radical (unpaired) electrons. The van der Waals surface area contributed by atoms with Gasteiger partial charge in [-0.1, -0.05) is 23.5 Å². The second kappa shape index (κ2) is 6.73. The molecule has 1 aliphatic rings. The first-order valence-corrected chi connectivity index (χ1v) is 8.51. The lowest BCUT2D eigenvalue weighted by molar-refractivity contribution is 0.242. The number of fused-ring (bicyclic) bond motifs is 1. The van der Waals surface area contributed by atoms with Crippen LogP contribution in [0.1, 0.15) is 6.42 Å². The SMILES string of the molecule is CN(C)CCCN1CCN(c2nc3ccccc3s2)CC1. The molecule has 0 amide bonds. The largest absolute Gasteiger partial charge is 0.345 e. The molecule has 1 fully saturated rings. The van der Waals surface area contributed by atoms with Crippen LogP contribution in [0.5, 0.6) is 0 Å². The number of hydrogen-bond donors (Lipinski definition) is 0. The van der Waals surface area contributed by atoms with Gasteiger partial charge in [0.05, 0.1) is 10.2 Å². The molecule has 0 bridgehead atoms. The summed E-state index contributed by atoms with van der Waals surface area (Å²) in [6, 6.07) is 8.42. The Morgan fingerprint density at radius 1 is 1.14 bits per heavy atom. The first-order chi connectivity index (χ1) is 10.2. The van der Waals surface area contributed by atoms with Crippen molar-refractivity contribution in [1.29, 1.82) is 0 Å². The molecule has 0 aliphatic carbocycles. The Kier molecular flexibility index (Phi) is 4.73. The highest BCUT2D eigenvalue weighted by molar-refractivity contribution is 7.22. The number of rotatable bonds is 5. The van der Waals surface area contributed by atoms with E-state index in [1.165, 1.54) is 29.3 Å². The quantitative estimate of drug-likeness (QED) is 0.846. The van der Waals surface area contributed by atoms with E-state index in [1.807, 2.05) is 11.3 Å². The van der Waals surface area contributed by atoms with Gasteiger partial charge in [0.15, 0.2) is 5.13 Å². The summed E-state index contributed by atoms with van der Waals surface area (Å²) in [5.74, 6) is 0. The first kappa shape index (κ1) is 14.8. The van der Waals surface area contributed by atoms with Crippen molar-refractivity contribution in [2.45, 2.75) is 6.42 Å². The molecule has 0 unspecified atom stereocenters. The number of benzene rings is 1. The monoisotopic (exact) mass is 304 g/mol. The molecule has 114 valence electrons. The summed E-state index contributed by atoms with van der Waals surface area (Å²) in [7, 11) is 4.29. The molecule has 0 spiro atoms. The Morgan fingerprint density at radius 3 is 2.62 bits per heavy atom. The van der Waals surface area contributed by atoms with Gasteiger partial charge in [-0.05, 0) is 45.7 Å². The van der Waals surface area contributed by atoms with E-state index < -0.39 is 0 Å². The Labute approximate surface area is 131 Å². The lowest BCUT2D eigenvalue weighted by Crippen LogP contribution is -2.46. The van der Waals surface area contributed by atoms with E-state index >= 15 is 0 Å². The van der Waals surface area contributed by atoms with Crippen LogP contribution in [0, 0.1) is 0 Å². The third-order valence-corrected chi connectivity index (χ3v) is 5.10. The molecule has 1 aliphatic heterocycles. The number of piperazine rings is 1. The van der Waals surface area contributed by atoms with E-state index in [-0.39, 0.29) is 0 Å². The summed E-state index contributed by atoms with van der Waals surface area (Å²) < 4.78 is 1.29. The van der Waals surface area contributed by atoms with E-state index in [9.17, 15) is 0 Å². The molecule has 4 nitrogen and oxygen atoms in total. The van der Waals surface area contributed by atoms with Crippen molar-refractivity contribution in [3.63, 3.8) is 0 Å². The molecule has 3 rings (SSSR count). The van der Waals surface area contributed by atoms with Gasteiger partial charge in [0, 0.05) is 26.2 Å². The number of hydrogen-bond acceptors (Lipinski definition) is 5. The van der Waals surface area contributed by atoms with E-state index in [1.54, 1.807) is 0 Å². The lowest BCUT2D eigenvalue weighted by atomic mass is 10.3. The summed E-state index contributed by atoms with van der Waals surface area (Å²) in [4.78, 5) is 12.0. The van der Waals surface area contributed by atoms with Crippen LogP contribution >= 0.6 is 11.3 Å². The maximum atomic E-state index is 4.77.